The summed E-state index contributed by atoms with van der Waals surface area (Å²) in [6.45, 7) is 0. The van der Waals surface area contributed by atoms with Gasteiger partial charge in [0.15, 0.2) is 6.10 Å². The van der Waals surface area contributed by atoms with Gasteiger partial charge in [0.1, 0.15) is 6.23 Å². The van der Waals surface area contributed by atoms with E-state index in [0.717, 1.165) is 4.57 Å². The minimum atomic E-state index is -1.14. The molecule has 0 radical (unpaired) electrons. The molecule has 1 aromatic rings. The van der Waals surface area contributed by atoms with Gasteiger partial charge >= 0.3 is 5.69 Å². The third kappa shape index (κ3) is 1.98. The standard InChI is InChI=1S/C9H8FN3O4/c10-4-3-13(9(16)12-8(4)15)7-1-5(14)6(2-11)17-7/h3,5-7,14H,1H2,(H,12,15,16)/t5-,6+,7+/m0/s1. The van der Waals surface area contributed by atoms with Crippen LogP contribution in [0.5, 0.6) is 0 Å². The van der Waals surface area contributed by atoms with E-state index in [0.29, 0.717) is 6.20 Å². The van der Waals surface area contributed by atoms with Crippen LogP contribution < -0.4 is 11.2 Å². The molecule has 0 saturated carbocycles. The molecule has 0 bridgehead atoms. The Balaban J connectivity index is 2.38. The van der Waals surface area contributed by atoms with Crippen molar-refractivity contribution in [3.05, 3.63) is 32.9 Å². The van der Waals surface area contributed by atoms with Gasteiger partial charge in [0, 0.05) is 6.42 Å². The highest BCUT2D eigenvalue weighted by atomic mass is 19.1. The fourth-order valence-electron chi connectivity index (χ4n) is 1.62. The van der Waals surface area contributed by atoms with Crippen molar-refractivity contribution in [2.75, 3.05) is 0 Å². The van der Waals surface area contributed by atoms with Gasteiger partial charge in [-0.15, -0.1) is 0 Å². The maximum absolute atomic E-state index is 13.0. The molecule has 0 amide bonds. The van der Waals surface area contributed by atoms with E-state index in [9.17, 15) is 19.1 Å². The van der Waals surface area contributed by atoms with E-state index in [1.165, 1.54) is 0 Å². The van der Waals surface area contributed by atoms with E-state index in [-0.39, 0.29) is 6.42 Å². The predicted octanol–water partition coefficient (Wildman–Crippen LogP) is -1.15. The molecule has 2 rings (SSSR count). The average molecular weight is 241 g/mol. The van der Waals surface area contributed by atoms with Crippen molar-refractivity contribution >= 4 is 0 Å². The summed E-state index contributed by atoms with van der Waals surface area (Å²) in [5.74, 6) is -1.14. The van der Waals surface area contributed by atoms with Gasteiger partial charge in [-0.05, 0) is 0 Å². The van der Waals surface area contributed by atoms with E-state index < -0.39 is 35.5 Å². The predicted molar refractivity (Wildman–Crippen MR) is 51.4 cm³/mol. The molecule has 0 unspecified atom stereocenters. The second-order valence-corrected chi connectivity index (χ2v) is 3.59. The Kier molecular flexibility index (Phi) is 2.79. The fraction of sp³-hybridized carbons (Fsp3) is 0.444. The number of nitrogens with one attached hydrogen (secondary N) is 1. The maximum Gasteiger partial charge on any atom is 0.330 e. The molecular weight excluding hydrogens is 233 g/mol. The van der Waals surface area contributed by atoms with E-state index in [1.54, 1.807) is 11.1 Å². The highest BCUT2D eigenvalue weighted by molar-refractivity contribution is 4.97. The molecule has 1 saturated heterocycles. The molecule has 1 aliphatic rings. The lowest BCUT2D eigenvalue weighted by molar-refractivity contribution is 0.00811. The number of aliphatic hydroxyl groups excluding tert-OH is 1. The summed E-state index contributed by atoms with van der Waals surface area (Å²) in [6, 6.07) is 1.71. The Morgan fingerprint density at radius 2 is 2.35 bits per heavy atom. The van der Waals surface area contributed by atoms with Crippen LogP contribution >= 0.6 is 0 Å². The zero-order valence-corrected chi connectivity index (χ0v) is 8.46. The number of aromatic nitrogens is 2. The molecule has 0 aromatic carbocycles. The molecule has 1 aliphatic heterocycles. The molecule has 90 valence electrons. The van der Waals surface area contributed by atoms with Crippen molar-refractivity contribution in [3.63, 3.8) is 0 Å². The van der Waals surface area contributed by atoms with Gasteiger partial charge in [0.05, 0.1) is 18.4 Å². The maximum atomic E-state index is 13.0. The van der Waals surface area contributed by atoms with Crippen LogP contribution in [-0.2, 0) is 4.74 Å². The number of aliphatic hydroxyl groups is 1. The van der Waals surface area contributed by atoms with Gasteiger partial charge in [0.2, 0.25) is 5.82 Å². The number of hydrogen-bond acceptors (Lipinski definition) is 5. The van der Waals surface area contributed by atoms with Gasteiger partial charge in [0.25, 0.3) is 5.56 Å². The Morgan fingerprint density at radius 1 is 1.65 bits per heavy atom. The van der Waals surface area contributed by atoms with Gasteiger partial charge in [-0.1, -0.05) is 0 Å². The summed E-state index contributed by atoms with van der Waals surface area (Å²) in [5, 5.41) is 18.0. The Morgan fingerprint density at radius 3 is 2.94 bits per heavy atom. The second kappa shape index (κ2) is 4.12. The second-order valence-electron chi connectivity index (χ2n) is 3.59. The average Bonchev–Trinajstić information content (AvgIpc) is 2.65. The van der Waals surface area contributed by atoms with Crippen LogP contribution in [0.15, 0.2) is 15.8 Å². The quantitative estimate of drug-likeness (QED) is 0.645. The lowest BCUT2D eigenvalue weighted by atomic mass is 10.2. The van der Waals surface area contributed by atoms with E-state index in [2.05, 4.69) is 0 Å². The number of rotatable bonds is 1. The van der Waals surface area contributed by atoms with Crippen LogP contribution in [0.25, 0.3) is 0 Å². The Bertz CT molecular complexity index is 587. The van der Waals surface area contributed by atoms with E-state index in [4.69, 9.17) is 10.00 Å². The molecule has 2 N–H and O–H groups in total. The first-order chi connectivity index (χ1) is 8.02. The number of aromatic amines is 1. The van der Waals surface area contributed by atoms with E-state index >= 15 is 0 Å². The van der Waals surface area contributed by atoms with Crippen molar-refractivity contribution < 1.29 is 14.2 Å². The Hall–Kier alpha value is -1.98. The number of nitrogens with zero attached hydrogens (tertiary/aromatic N) is 2. The molecular formula is C9H8FN3O4. The highest BCUT2D eigenvalue weighted by Crippen LogP contribution is 2.26. The van der Waals surface area contributed by atoms with Gasteiger partial charge in [-0.2, -0.15) is 9.65 Å². The van der Waals surface area contributed by atoms with Crippen LogP contribution in [-0.4, -0.2) is 26.9 Å². The summed E-state index contributed by atoms with van der Waals surface area (Å²) in [4.78, 5) is 23.9. The minimum absolute atomic E-state index is 0.0242. The number of nitriles is 1. The zero-order chi connectivity index (χ0) is 12.6. The summed E-state index contributed by atoms with van der Waals surface area (Å²) < 4.78 is 18.9. The van der Waals surface area contributed by atoms with Crippen molar-refractivity contribution in [1.82, 2.24) is 9.55 Å². The van der Waals surface area contributed by atoms with Crippen LogP contribution in [0.4, 0.5) is 4.39 Å². The molecule has 3 atom stereocenters. The first-order valence-electron chi connectivity index (χ1n) is 4.77. The zero-order valence-electron chi connectivity index (χ0n) is 8.46. The van der Waals surface area contributed by atoms with Gasteiger partial charge in [-0.25, -0.2) is 4.79 Å². The minimum Gasteiger partial charge on any atom is -0.389 e. The van der Waals surface area contributed by atoms with Crippen LogP contribution in [0.3, 0.4) is 0 Å². The van der Waals surface area contributed by atoms with Crippen molar-refractivity contribution in [1.29, 1.82) is 5.26 Å². The summed E-state index contributed by atoms with van der Waals surface area (Å²) >= 11 is 0. The normalized spacial score (nSPS) is 27.9. The largest absolute Gasteiger partial charge is 0.389 e. The molecule has 0 aliphatic carbocycles. The van der Waals surface area contributed by atoms with Crippen LogP contribution in [0.1, 0.15) is 12.6 Å². The summed E-state index contributed by atoms with van der Waals surface area (Å²) in [5.41, 5.74) is -1.98. The lowest BCUT2D eigenvalue weighted by Crippen LogP contribution is -2.33. The van der Waals surface area contributed by atoms with Crippen molar-refractivity contribution in [3.8, 4) is 6.07 Å². The first-order valence-corrected chi connectivity index (χ1v) is 4.77. The molecule has 1 fully saturated rings. The molecule has 7 nitrogen and oxygen atoms in total. The van der Waals surface area contributed by atoms with Crippen LogP contribution in [0.2, 0.25) is 0 Å². The lowest BCUT2D eigenvalue weighted by Gasteiger charge is -2.12. The molecule has 8 heteroatoms. The van der Waals surface area contributed by atoms with E-state index in [1.807, 2.05) is 0 Å². The number of H-pyrrole nitrogens is 1. The smallest absolute Gasteiger partial charge is 0.330 e. The number of halogens is 1. The Labute approximate surface area is 93.7 Å². The third-order valence-electron chi connectivity index (χ3n) is 2.46. The molecule has 2 heterocycles. The fourth-order valence-corrected chi connectivity index (χ4v) is 1.62. The van der Waals surface area contributed by atoms with Gasteiger partial charge in [-0.3, -0.25) is 14.3 Å². The topological polar surface area (TPSA) is 108 Å². The first kappa shape index (κ1) is 11.5. The van der Waals surface area contributed by atoms with Gasteiger partial charge < -0.3 is 9.84 Å². The van der Waals surface area contributed by atoms with Crippen molar-refractivity contribution in [2.45, 2.75) is 24.9 Å². The van der Waals surface area contributed by atoms with Crippen LogP contribution in [0, 0.1) is 17.1 Å². The monoisotopic (exact) mass is 241 g/mol. The highest BCUT2D eigenvalue weighted by Gasteiger charge is 2.35. The molecule has 17 heavy (non-hydrogen) atoms. The third-order valence-corrected chi connectivity index (χ3v) is 2.46. The van der Waals surface area contributed by atoms with Crippen molar-refractivity contribution in [2.24, 2.45) is 0 Å². The molecule has 0 spiro atoms. The SMILES string of the molecule is N#C[C@H]1O[C@@H](n2cc(F)c(=O)[nH]c2=O)C[C@@H]1O. The number of ether oxygens (including phenoxy) is 1. The summed E-state index contributed by atoms with van der Waals surface area (Å²) in [6.07, 6.45) is -2.41. The number of hydrogen-bond donors (Lipinski definition) is 2. The summed E-state index contributed by atoms with van der Waals surface area (Å²) in [7, 11) is 0. The molecule has 1 aromatic heterocycles.